The predicted molar refractivity (Wildman–Crippen MR) is 113 cm³/mol. The smallest absolute Gasteiger partial charge is 0.228 e. The molecular formula is C19H26ClN5OS. The lowest BCUT2D eigenvalue weighted by Gasteiger charge is -2.17. The van der Waals surface area contributed by atoms with E-state index in [1.807, 2.05) is 24.3 Å². The molecule has 1 fully saturated rings. The van der Waals surface area contributed by atoms with Gasteiger partial charge in [-0.25, -0.2) is 0 Å². The number of halogens is 1. The molecule has 0 aliphatic heterocycles. The maximum absolute atomic E-state index is 5.91. The van der Waals surface area contributed by atoms with E-state index < -0.39 is 0 Å². The molecule has 3 rings (SSSR count). The molecule has 146 valence electrons. The van der Waals surface area contributed by atoms with Crippen molar-refractivity contribution < 1.29 is 4.52 Å². The molecule has 27 heavy (non-hydrogen) atoms. The third-order valence-electron chi connectivity index (χ3n) is 4.55. The first-order valence-corrected chi connectivity index (χ1v) is 10.8. The van der Waals surface area contributed by atoms with Gasteiger partial charge < -0.3 is 15.2 Å². The average molecular weight is 408 g/mol. The number of aromatic nitrogens is 2. The summed E-state index contributed by atoms with van der Waals surface area (Å²) in [5.41, 5.74) is 0.889. The van der Waals surface area contributed by atoms with Crippen molar-refractivity contribution in [2.45, 2.75) is 43.9 Å². The van der Waals surface area contributed by atoms with Crippen molar-refractivity contribution in [1.29, 1.82) is 0 Å². The van der Waals surface area contributed by atoms with Gasteiger partial charge in [-0.3, -0.25) is 4.99 Å². The van der Waals surface area contributed by atoms with Crippen molar-refractivity contribution in [3.8, 4) is 11.4 Å². The standard InChI is InChI=1S/C19H26ClN5OS/c1-3-27-16-9-8-15(12-16)23-19(21-2)22-11-10-17-24-18(25-26-17)13-4-6-14(20)7-5-13/h4-7,15-16H,3,8-12H2,1-2H3,(H2,21,22,23). The monoisotopic (exact) mass is 407 g/mol. The van der Waals surface area contributed by atoms with Gasteiger partial charge in [-0.1, -0.05) is 23.7 Å². The van der Waals surface area contributed by atoms with Crippen molar-refractivity contribution in [3.63, 3.8) is 0 Å². The number of hydrogen-bond acceptors (Lipinski definition) is 5. The molecule has 1 aliphatic carbocycles. The van der Waals surface area contributed by atoms with Crippen LogP contribution in [0.25, 0.3) is 11.4 Å². The Balaban J connectivity index is 1.44. The Labute approximate surface area is 169 Å². The van der Waals surface area contributed by atoms with Crippen LogP contribution in [0, 0.1) is 0 Å². The lowest BCUT2D eigenvalue weighted by Crippen LogP contribution is -2.43. The first-order chi connectivity index (χ1) is 13.2. The molecule has 1 heterocycles. The van der Waals surface area contributed by atoms with Crippen LogP contribution < -0.4 is 10.6 Å². The van der Waals surface area contributed by atoms with Crippen LogP contribution in [0.3, 0.4) is 0 Å². The quantitative estimate of drug-likeness (QED) is 0.537. The zero-order chi connectivity index (χ0) is 19.1. The van der Waals surface area contributed by atoms with Crippen LogP contribution in [-0.4, -0.2) is 46.7 Å². The summed E-state index contributed by atoms with van der Waals surface area (Å²) >= 11 is 7.97. The maximum atomic E-state index is 5.91. The van der Waals surface area contributed by atoms with Gasteiger partial charge in [-0.05, 0) is 49.3 Å². The van der Waals surface area contributed by atoms with E-state index in [9.17, 15) is 0 Å². The zero-order valence-electron chi connectivity index (χ0n) is 15.7. The van der Waals surface area contributed by atoms with E-state index in [1.165, 1.54) is 25.0 Å². The highest BCUT2D eigenvalue weighted by atomic mass is 35.5. The van der Waals surface area contributed by atoms with E-state index in [-0.39, 0.29) is 0 Å². The predicted octanol–water partition coefficient (Wildman–Crippen LogP) is 3.77. The zero-order valence-corrected chi connectivity index (χ0v) is 17.3. The highest BCUT2D eigenvalue weighted by Gasteiger charge is 2.25. The molecule has 6 nitrogen and oxygen atoms in total. The Hall–Kier alpha value is -1.73. The minimum absolute atomic E-state index is 0.500. The Kier molecular flexibility index (Phi) is 7.41. The second-order valence-electron chi connectivity index (χ2n) is 6.50. The van der Waals surface area contributed by atoms with Crippen LogP contribution in [0.2, 0.25) is 5.02 Å². The molecular weight excluding hydrogens is 382 g/mol. The van der Waals surface area contributed by atoms with E-state index >= 15 is 0 Å². The SMILES string of the molecule is CCSC1CCC(NC(=NC)NCCc2nc(-c3ccc(Cl)cc3)no2)C1. The molecule has 2 atom stereocenters. The van der Waals surface area contributed by atoms with Crippen molar-refractivity contribution in [2.75, 3.05) is 19.3 Å². The first-order valence-electron chi connectivity index (χ1n) is 9.35. The fourth-order valence-electron chi connectivity index (χ4n) is 3.21. The molecule has 1 saturated carbocycles. The molecule has 0 bridgehead atoms. The van der Waals surface area contributed by atoms with Crippen LogP contribution in [0.4, 0.5) is 0 Å². The van der Waals surface area contributed by atoms with Gasteiger partial charge in [0.15, 0.2) is 5.96 Å². The van der Waals surface area contributed by atoms with Crippen LogP contribution in [-0.2, 0) is 6.42 Å². The maximum Gasteiger partial charge on any atom is 0.228 e. The summed E-state index contributed by atoms with van der Waals surface area (Å²) in [6, 6.07) is 7.90. The molecule has 1 aliphatic rings. The highest BCUT2D eigenvalue weighted by molar-refractivity contribution is 7.99. The summed E-state index contributed by atoms with van der Waals surface area (Å²) in [6.45, 7) is 2.91. The second kappa shape index (κ2) is 9.99. The lowest BCUT2D eigenvalue weighted by molar-refractivity contribution is 0.378. The molecule has 0 amide bonds. The van der Waals surface area contributed by atoms with Gasteiger partial charge in [-0.2, -0.15) is 16.7 Å². The molecule has 2 aromatic rings. The number of hydrogen-bond donors (Lipinski definition) is 2. The fraction of sp³-hybridized carbons (Fsp3) is 0.526. The number of nitrogens with one attached hydrogen (secondary N) is 2. The summed E-state index contributed by atoms with van der Waals surface area (Å²) in [6.07, 6.45) is 4.32. The highest BCUT2D eigenvalue weighted by Crippen LogP contribution is 2.29. The van der Waals surface area contributed by atoms with Crippen LogP contribution in [0.1, 0.15) is 32.1 Å². The Morgan fingerprint density at radius 1 is 1.33 bits per heavy atom. The summed E-state index contributed by atoms with van der Waals surface area (Å²) in [7, 11) is 1.80. The van der Waals surface area contributed by atoms with E-state index in [0.29, 0.717) is 35.7 Å². The van der Waals surface area contributed by atoms with Gasteiger partial charge in [0.2, 0.25) is 11.7 Å². The van der Waals surface area contributed by atoms with E-state index in [4.69, 9.17) is 16.1 Å². The van der Waals surface area contributed by atoms with Gasteiger partial charge in [0, 0.05) is 41.9 Å². The van der Waals surface area contributed by atoms with Crippen molar-refractivity contribution in [3.05, 3.63) is 35.2 Å². The van der Waals surface area contributed by atoms with Gasteiger partial charge in [0.25, 0.3) is 0 Å². The van der Waals surface area contributed by atoms with E-state index in [2.05, 4.69) is 44.5 Å². The summed E-state index contributed by atoms with van der Waals surface area (Å²) in [4.78, 5) is 8.77. The van der Waals surface area contributed by atoms with Crippen molar-refractivity contribution in [1.82, 2.24) is 20.8 Å². The third-order valence-corrected chi connectivity index (χ3v) is 6.04. The van der Waals surface area contributed by atoms with Gasteiger partial charge >= 0.3 is 0 Å². The fourth-order valence-corrected chi connectivity index (χ4v) is 4.48. The minimum Gasteiger partial charge on any atom is -0.356 e. The molecule has 1 aromatic heterocycles. The normalized spacial score (nSPS) is 20.0. The molecule has 0 saturated heterocycles. The second-order valence-corrected chi connectivity index (χ2v) is 8.51. The molecule has 0 spiro atoms. The van der Waals surface area contributed by atoms with E-state index in [0.717, 1.165) is 16.8 Å². The van der Waals surface area contributed by atoms with Gasteiger partial charge in [0.05, 0.1) is 0 Å². The number of rotatable bonds is 7. The van der Waals surface area contributed by atoms with Gasteiger partial charge in [0.1, 0.15) is 0 Å². The molecule has 0 radical (unpaired) electrons. The Morgan fingerprint density at radius 3 is 2.89 bits per heavy atom. The Morgan fingerprint density at radius 2 is 2.15 bits per heavy atom. The number of benzene rings is 1. The average Bonchev–Trinajstić information content (AvgIpc) is 3.31. The number of thioether (sulfide) groups is 1. The van der Waals surface area contributed by atoms with Crippen LogP contribution >= 0.6 is 23.4 Å². The summed E-state index contributed by atoms with van der Waals surface area (Å²) < 4.78 is 5.34. The van der Waals surface area contributed by atoms with Crippen molar-refractivity contribution in [2.24, 2.45) is 4.99 Å². The largest absolute Gasteiger partial charge is 0.356 e. The molecule has 2 unspecified atom stereocenters. The third kappa shape index (κ3) is 5.87. The molecule has 8 heteroatoms. The lowest BCUT2D eigenvalue weighted by atomic mass is 10.2. The van der Waals surface area contributed by atoms with Crippen molar-refractivity contribution >= 4 is 29.3 Å². The first kappa shape index (κ1) is 20.0. The summed E-state index contributed by atoms with van der Waals surface area (Å²) in [5, 5.41) is 12.4. The van der Waals surface area contributed by atoms with Crippen LogP contribution in [0.5, 0.6) is 0 Å². The van der Waals surface area contributed by atoms with E-state index in [1.54, 1.807) is 7.05 Å². The minimum atomic E-state index is 0.500. The molecule has 2 N–H and O–H groups in total. The van der Waals surface area contributed by atoms with Gasteiger partial charge in [-0.15, -0.1) is 0 Å². The van der Waals surface area contributed by atoms with Crippen LogP contribution in [0.15, 0.2) is 33.8 Å². The topological polar surface area (TPSA) is 75.3 Å². The Bertz CT molecular complexity index is 749. The number of guanidine groups is 1. The molecule has 1 aromatic carbocycles. The number of aliphatic imine (C=N–C) groups is 1. The number of nitrogens with zero attached hydrogens (tertiary/aromatic N) is 3. The summed E-state index contributed by atoms with van der Waals surface area (Å²) in [5.74, 6) is 3.20.